The number of aliphatic hydroxyl groups excluding tert-OH is 1. The molecule has 0 aliphatic rings. The lowest BCUT2D eigenvalue weighted by atomic mass is 10.0. The van der Waals surface area contributed by atoms with Crippen molar-refractivity contribution in [3.63, 3.8) is 0 Å². The summed E-state index contributed by atoms with van der Waals surface area (Å²) in [5.41, 5.74) is 5.43. The van der Waals surface area contributed by atoms with E-state index in [4.69, 9.17) is 4.74 Å². The van der Waals surface area contributed by atoms with E-state index in [9.17, 15) is 9.90 Å². The van der Waals surface area contributed by atoms with E-state index in [1.807, 2.05) is 62.4 Å². The van der Waals surface area contributed by atoms with Gasteiger partial charge in [-0.3, -0.25) is 0 Å². The molecule has 0 saturated carbocycles. The molecule has 2 aromatic carbocycles. The lowest BCUT2D eigenvalue weighted by Gasteiger charge is -2.14. The molecule has 3 aromatic rings. The molecule has 1 heterocycles. The summed E-state index contributed by atoms with van der Waals surface area (Å²) in [7, 11) is 0. The number of hydrogen-bond acceptors (Lipinski definition) is 5. The highest BCUT2D eigenvalue weighted by Crippen LogP contribution is 2.30. The fourth-order valence-corrected chi connectivity index (χ4v) is 2.77. The minimum atomic E-state index is -0.585. The number of rotatable bonds is 5. The first-order valence-electron chi connectivity index (χ1n) is 8.86. The predicted molar refractivity (Wildman–Crippen MR) is 104 cm³/mol. The number of carbonyl (C=O) groups is 1. The average molecular weight is 362 g/mol. The molecule has 0 spiro atoms. The highest BCUT2D eigenvalue weighted by atomic mass is 16.5. The summed E-state index contributed by atoms with van der Waals surface area (Å²) in [5.74, 6) is -0.585. The molecule has 0 amide bonds. The molecule has 5 nitrogen and oxygen atoms in total. The molecular weight excluding hydrogens is 340 g/mol. The number of benzene rings is 2. The van der Waals surface area contributed by atoms with Crippen LogP contribution in [0.5, 0.6) is 0 Å². The second-order valence-electron chi connectivity index (χ2n) is 6.33. The highest BCUT2D eigenvalue weighted by Gasteiger charge is 2.21. The van der Waals surface area contributed by atoms with Gasteiger partial charge in [-0.2, -0.15) is 0 Å². The van der Waals surface area contributed by atoms with Gasteiger partial charge in [-0.15, -0.1) is 0 Å². The van der Waals surface area contributed by atoms with Gasteiger partial charge in [0.05, 0.1) is 30.3 Å². The van der Waals surface area contributed by atoms with Gasteiger partial charge in [-0.25, -0.2) is 14.8 Å². The second kappa shape index (κ2) is 8.10. The molecule has 5 heteroatoms. The standard InChI is InChI=1S/C22H22N2O3/c1-4-27-22(26)21-18(13-25)23-19(16-9-5-14(2)6-10-16)20(24-21)17-11-7-15(3)8-12-17/h5-12,25H,4,13H2,1-3H3. The Morgan fingerprint density at radius 1 is 0.889 bits per heavy atom. The van der Waals surface area contributed by atoms with Gasteiger partial charge in [-0.05, 0) is 20.8 Å². The van der Waals surface area contributed by atoms with Crippen LogP contribution in [-0.2, 0) is 11.3 Å². The van der Waals surface area contributed by atoms with Gasteiger partial charge in [0.2, 0.25) is 0 Å². The largest absolute Gasteiger partial charge is 0.461 e. The molecular formula is C22H22N2O3. The normalized spacial score (nSPS) is 10.7. The topological polar surface area (TPSA) is 72.3 Å². The third kappa shape index (κ3) is 4.04. The Bertz CT molecular complexity index is 949. The van der Waals surface area contributed by atoms with E-state index in [0.29, 0.717) is 11.4 Å². The van der Waals surface area contributed by atoms with E-state index < -0.39 is 12.6 Å². The molecule has 0 fully saturated rings. The van der Waals surface area contributed by atoms with Crippen LogP contribution in [-0.4, -0.2) is 27.7 Å². The zero-order valence-corrected chi connectivity index (χ0v) is 15.7. The van der Waals surface area contributed by atoms with Gasteiger partial charge in [0.25, 0.3) is 0 Å². The summed E-state index contributed by atoms with van der Waals surface area (Å²) in [4.78, 5) is 21.5. The summed E-state index contributed by atoms with van der Waals surface area (Å²) in [6.45, 7) is 5.58. The third-order valence-corrected chi connectivity index (χ3v) is 4.24. The third-order valence-electron chi connectivity index (χ3n) is 4.24. The van der Waals surface area contributed by atoms with Crippen LogP contribution in [0.4, 0.5) is 0 Å². The molecule has 0 bridgehead atoms. The van der Waals surface area contributed by atoms with Crippen molar-refractivity contribution in [3.8, 4) is 22.5 Å². The molecule has 0 radical (unpaired) electrons. The Morgan fingerprint density at radius 2 is 1.37 bits per heavy atom. The summed E-state index contributed by atoms with van der Waals surface area (Å²) in [6, 6.07) is 15.8. The van der Waals surface area contributed by atoms with E-state index in [0.717, 1.165) is 22.3 Å². The maximum Gasteiger partial charge on any atom is 0.358 e. The maximum atomic E-state index is 12.3. The first-order chi connectivity index (χ1) is 13.0. The fourth-order valence-electron chi connectivity index (χ4n) is 2.77. The maximum absolute atomic E-state index is 12.3. The van der Waals surface area contributed by atoms with Crippen molar-refractivity contribution in [1.82, 2.24) is 9.97 Å². The highest BCUT2D eigenvalue weighted by molar-refractivity contribution is 5.90. The van der Waals surface area contributed by atoms with Crippen LogP contribution in [0.3, 0.4) is 0 Å². The number of carbonyl (C=O) groups excluding carboxylic acids is 1. The molecule has 0 unspecified atom stereocenters. The van der Waals surface area contributed by atoms with Crippen LogP contribution < -0.4 is 0 Å². The summed E-state index contributed by atoms with van der Waals surface area (Å²) >= 11 is 0. The van der Waals surface area contributed by atoms with Crippen molar-refractivity contribution in [2.75, 3.05) is 6.61 Å². The Hall–Kier alpha value is -3.05. The quantitative estimate of drug-likeness (QED) is 0.692. The molecule has 138 valence electrons. The van der Waals surface area contributed by atoms with E-state index in [1.54, 1.807) is 6.92 Å². The Kier molecular flexibility index (Phi) is 5.62. The number of esters is 1. The predicted octanol–water partition coefficient (Wildman–Crippen LogP) is 4.10. The van der Waals surface area contributed by atoms with Gasteiger partial charge in [0.15, 0.2) is 5.69 Å². The van der Waals surface area contributed by atoms with Crippen LogP contribution in [0.15, 0.2) is 48.5 Å². The number of hydrogen-bond donors (Lipinski definition) is 1. The van der Waals surface area contributed by atoms with Crippen LogP contribution in [0, 0.1) is 13.8 Å². The first kappa shape index (κ1) is 18.7. The fraction of sp³-hybridized carbons (Fsp3) is 0.227. The molecule has 27 heavy (non-hydrogen) atoms. The summed E-state index contributed by atoms with van der Waals surface area (Å²) in [5, 5.41) is 9.74. The lowest BCUT2D eigenvalue weighted by molar-refractivity contribution is 0.0515. The van der Waals surface area contributed by atoms with Crippen LogP contribution in [0.25, 0.3) is 22.5 Å². The van der Waals surface area contributed by atoms with Gasteiger partial charge in [-0.1, -0.05) is 59.7 Å². The Morgan fingerprint density at radius 3 is 1.81 bits per heavy atom. The number of aryl methyl sites for hydroxylation is 2. The minimum absolute atomic E-state index is 0.0470. The van der Waals surface area contributed by atoms with Crippen molar-refractivity contribution in [3.05, 3.63) is 71.0 Å². The minimum Gasteiger partial charge on any atom is -0.461 e. The monoisotopic (exact) mass is 362 g/mol. The molecule has 0 aliphatic carbocycles. The SMILES string of the molecule is CCOC(=O)c1nc(-c2ccc(C)cc2)c(-c2ccc(C)cc2)nc1CO. The van der Waals surface area contributed by atoms with Crippen molar-refractivity contribution >= 4 is 5.97 Å². The van der Waals surface area contributed by atoms with Crippen molar-refractivity contribution in [2.24, 2.45) is 0 Å². The molecule has 3 rings (SSSR count). The van der Waals surface area contributed by atoms with Crippen molar-refractivity contribution < 1.29 is 14.6 Å². The van der Waals surface area contributed by atoms with E-state index >= 15 is 0 Å². The van der Waals surface area contributed by atoms with Gasteiger partial charge in [0, 0.05) is 11.1 Å². The molecule has 1 aromatic heterocycles. The van der Waals surface area contributed by atoms with E-state index in [1.165, 1.54) is 0 Å². The van der Waals surface area contributed by atoms with E-state index in [2.05, 4.69) is 9.97 Å². The number of aromatic nitrogens is 2. The summed E-state index contributed by atoms with van der Waals surface area (Å²) in [6.07, 6.45) is 0. The van der Waals surface area contributed by atoms with Crippen LogP contribution >= 0.6 is 0 Å². The molecule has 0 saturated heterocycles. The second-order valence-corrected chi connectivity index (χ2v) is 6.33. The average Bonchev–Trinajstić information content (AvgIpc) is 2.68. The molecule has 0 atom stereocenters. The zero-order valence-electron chi connectivity index (χ0n) is 15.7. The number of ether oxygens (including phenoxy) is 1. The Balaban J connectivity index is 2.25. The first-order valence-corrected chi connectivity index (χ1v) is 8.86. The molecule has 0 aliphatic heterocycles. The van der Waals surface area contributed by atoms with Gasteiger partial charge < -0.3 is 9.84 Å². The summed E-state index contributed by atoms with van der Waals surface area (Å²) < 4.78 is 5.09. The van der Waals surface area contributed by atoms with Crippen LogP contribution in [0.2, 0.25) is 0 Å². The smallest absolute Gasteiger partial charge is 0.358 e. The van der Waals surface area contributed by atoms with Crippen molar-refractivity contribution in [1.29, 1.82) is 0 Å². The number of aliphatic hydroxyl groups is 1. The van der Waals surface area contributed by atoms with Crippen LogP contribution in [0.1, 0.15) is 34.2 Å². The van der Waals surface area contributed by atoms with Gasteiger partial charge >= 0.3 is 5.97 Å². The van der Waals surface area contributed by atoms with E-state index in [-0.39, 0.29) is 18.0 Å². The number of nitrogens with zero attached hydrogens (tertiary/aromatic N) is 2. The van der Waals surface area contributed by atoms with Crippen molar-refractivity contribution in [2.45, 2.75) is 27.4 Å². The zero-order chi connectivity index (χ0) is 19.4. The lowest BCUT2D eigenvalue weighted by Crippen LogP contribution is -2.14. The van der Waals surface area contributed by atoms with Gasteiger partial charge in [0.1, 0.15) is 0 Å². The molecule has 1 N–H and O–H groups in total. The Labute approximate surface area is 158 Å².